The molecule has 1 aromatic rings. The molecule has 3 N–H and O–H groups in total. The number of nitrogens with one attached hydrogen (secondary N) is 1. The predicted molar refractivity (Wildman–Crippen MR) is 85.5 cm³/mol. The number of hydrogen-bond donors (Lipinski definition) is 2. The highest BCUT2D eigenvalue weighted by Gasteiger charge is 2.25. The van der Waals surface area contributed by atoms with Crippen LogP contribution in [0.15, 0.2) is 18.2 Å². The molecule has 2 rings (SSSR count). The van der Waals surface area contributed by atoms with Crippen LogP contribution in [0, 0.1) is 11.8 Å². The fraction of sp³-hybridized carbons (Fsp3) is 0.588. The van der Waals surface area contributed by atoms with Crippen molar-refractivity contribution in [3.63, 3.8) is 0 Å². The highest BCUT2D eigenvalue weighted by atomic mass is 16.5. The summed E-state index contributed by atoms with van der Waals surface area (Å²) in [5.41, 5.74) is 7.03. The number of carbonyl (C=O) groups is 1. The zero-order chi connectivity index (χ0) is 15.4. The summed E-state index contributed by atoms with van der Waals surface area (Å²) in [5, 5.41) is 3.14. The molecule has 21 heavy (non-hydrogen) atoms. The largest absolute Gasteiger partial charge is 0.492 e. The van der Waals surface area contributed by atoms with Gasteiger partial charge >= 0.3 is 0 Å². The van der Waals surface area contributed by atoms with Gasteiger partial charge in [-0.25, -0.2) is 0 Å². The van der Waals surface area contributed by atoms with Crippen LogP contribution in [-0.4, -0.2) is 18.6 Å². The van der Waals surface area contributed by atoms with Crippen LogP contribution in [0.4, 0.5) is 5.69 Å². The summed E-state index contributed by atoms with van der Waals surface area (Å²) < 4.78 is 5.39. The number of ether oxygens (including phenoxy) is 1. The molecule has 2 unspecified atom stereocenters. The minimum Gasteiger partial charge on any atom is -0.492 e. The van der Waals surface area contributed by atoms with Gasteiger partial charge in [-0.2, -0.15) is 0 Å². The lowest BCUT2D eigenvalue weighted by atomic mass is 9.80. The molecule has 0 aliphatic heterocycles. The maximum Gasteiger partial charge on any atom is 0.251 e. The smallest absolute Gasteiger partial charge is 0.251 e. The summed E-state index contributed by atoms with van der Waals surface area (Å²) in [7, 11) is 0. The van der Waals surface area contributed by atoms with Crippen molar-refractivity contribution >= 4 is 11.6 Å². The molecule has 0 aromatic heterocycles. The Morgan fingerprint density at radius 1 is 1.29 bits per heavy atom. The van der Waals surface area contributed by atoms with Crippen molar-refractivity contribution in [2.24, 2.45) is 11.8 Å². The Morgan fingerprint density at radius 2 is 1.95 bits per heavy atom. The van der Waals surface area contributed by atoms with E-state index in [0.29, 0.717) is 35.4 Å². The van der Waals surface area contributed by atoms with Gasteiger partial charge in [0.05, 0.1) is 12.3 Å². The van der Waals surface area contributed by atoms with E-state index >= 15 is 0 Å². The Labute approximate surface area is 127 Å². The van der Waals surface area contributed by atoms with Crippen molar-refractivity contribution < 1.29 is 9.53 Å². The quantitative estimate of drug-likeness (QED) is 0.837. The third kappa shape index (κ3) is 4.13. The first-order chi connectivity index (χ1) is 9.99. The monoisotopic (exact) mass is 290 g/mol. The van der Waals surface area contributed by atoms with Gasteiger partial charge in [0, 0.05) is 11.6 Å². The first-order valence-corrected chi connectivity index (χ1v) is 7.82. The maximum absolute atomic E-state index is 12.3. The summed E-state index contributed by atoms with van der Waals surface area (Å²) in [5.74, 6) is 1.93. The Bertz CT molecular complexity index is 492. The normalized spacial score (nSPS) is 25.4. The van der Waals surface area contributed by atoms with Gasteiger partial charge in [0.2, 0.25) is 0 Å². The number of hydrogen-bond acceptors (Lipinski definition) is 3. The maximum atomic E-state index is 12.3. The average Bonchev–Trinajstić information content (AvgIpc) is 2.40. The second kappa shape index (κ2) is 6.83. The van der Waals surface area contributed by atoms with Crippen LogP contribution in [0.5, 0.6) is 5.75 Å². The lowest BCUT2D eigenvalue weighted by Gasteiger charge is -2.32. The highest BCUT2D eigenvalue weighted by molar-refractivity contribution is 5.95. The zero-order valence-corrected chi connectivity index (χ0v) is 13.2. The third-order valence-corrected chi connectivity index (χ3v) is 4.09. The number of benzene rings is 1. The first-order valence-electron chi connectivity index (χ1n) is 7.82. The molecular formula is C17H26N2O2. The number of carbonyl (C=O) groups excluding carboxylic acids is 1. The van der Waals surface area contributed by atoms with Crippen molar-refractivity contribution in [2.45, 2.75) is 46.1 Å². The molecule has 0 heterocycles. The van der Waals surface area contributed by atoms with Crippen molar-refractivity contribution in [2.75, 3.05) is 12.3 Å². The van der Waals surface area contributed by atoms with Gasteiger partial charge in [-0.05, 0) is 56.2 Å². The van der Waals surface area contributed by atoms with Crippen molar-refractivity contribution in [1.29, 1.82) is 0 Å². The number of nitrogen functional groups attached to an aromatic ring is 1. The van der Waals surface area contributed by atoms with Crippen LogP contribution >= 0.6 is 0 Å². The molecule has 4 heteroatoms. The van der Waals surface area contributed by atoms with Crippen LogP contribution < -0.4 is 15.8 Å². The van der Waals surface area contributed by atoms with E-state index in [-0.39, 0.29) is 11.9 Å². The average molecular weight is 290 g/mol. The molecule has 1 aliphatic carbocycles. The summed E-state index contributed by atoms with van der Waals surface area (Å²) in [6.07, 6.45) is 3.37. The van der Waals surface area contributed by atoms with Crippen LogP contribution in [-0.2, 0) is 0 Å². The molecule has 2 atom stereocenters. The second-order valence-electron chi connectivity index (χ2n) is 6.27. The molecule has 0 saturated heterocycles. The minimum atomic E-state index is -0.0453. The molecule has 116 valence electrons. The van der Waals surface area contributed by atoms with Gasteiger partial charge in [-0.3, -0.25) is 4.79 Å². The first kappa shape index (κ1) is 15.7. The Kier molecular flexibility index (Phi) is 5.10. The van der Waals surface area contributed by atoms with Gasteiger partial charge in [-0.15, -0.1) is 0 Å². The SMILES string of the molecule is CCOc1ccc(C(=O)NC2CC(C)CC(C)C2)cc1N. The molecule has 1 aromatic carbocycles. The van der Waals surface area contributed by atoms with E-state index < -0.39 is 0 Å². The molecular weight excluding hydrogens is 264 g/mol. The van der Waals surface area contributed by atoms with Gasteiger partial charge in [0.15, 0.2) is 0 Å². The molecule has 1 saturated carbocycles. The molecule has 0 bridgehead atoms. The van der Waals surface area contributed by atoms with Crippen LogP contribution in [0.2, 0.25) is 0 Å². The van der Waals surface area contributed by atoms with Gasteiger partial charge in [0.1, 0.15) is 5.75 Å². The second-order valence-corrected chi connectivity index (χ2v) is 6.27. The van der Waals surface area contributed by atoms with E-state index in [1.807, 2.05) is 6.92 Å². The predicted octanol–water partition coefficient (Wildman–Crippen LogP) is 3.22. The minimum absolute atomic E-state index is 0.0453. The topological polar surface area (TPSA) is 64.3 Å². The Hall–Kier alpha value is -1.71. The molecule has 4 nitrogen and oxygen atoms in total. The van der Waals surface area contributed by atoms with E-state index in [2.05, 4.69) is 19.2 Å². The summed E-state index contributed by atoms with van der Waals surface area (Å²) in [4.78, 5) is 12.3. The zero-order valence-electron chi connectivity index (χ0n) is 13.2. The summed E-state index contributed by atoms with van der Waals surface area (Å²) in [6.45, 7) is 6.98. The lowest BCUT2D eigenvalue weighted by molar-refractivity contribution is 0.0911. The number of anilines is 1. The molecule has 0 spiro atoms. The summed E-state index contributed by atoms with van der Waals surface area (Å²) >= 11 is 0. The van der Waals surface area contributed by atoms with Gasteiger partial charge in [0.25, 0.3) is 5.91 Å². The van der Waals surface area contributed by atoms with E-state index in [0.717, 1.165) is 12.8 Å². The number of nitrogens with two attached hydrogens (primary N) is 1. The van der Waals surface area contributed by atoms with Crippen molar-refractivity contribution in [3.05, 3.63) is 23.8 Å². The Balaban J connectivity index is 2.01. The van der Waals surface area contributed by atoms with E-state index in [9.17, 15) is 4.79 Å². The van der Waals surface area contributed by atoms with Crippen LogP contribution in [0.1, 0.15) is 50.4 Å². The van der Waals surface area contributed by atoms with Crippen LogP contribution in [0.3, 0.4) is 0 Å². The number of rotatable bonds is 4. The molecule has 1 aliphatic rings. The van der Waals surface area contributed by atoms with E-state index in [1.165, 1.54) is 6.42 Å². The summed E-state index contributed by atoms with van der Waals surface area (Å²) in [6, 6.07) is 5.49. The van der Waals surface area contributed by atoms with Crippen molar-refractivity contribution in [1.82, 2.24) is 5.32 Å². The number of amides is 1. The van der Waals surface area contributed by atoms with Gasteiger partial charge < -0.3 is 15.8 Å². The van der Waals surface area contributed by atoms with E-state index in [4.69, 9.17) is 10.5 Å². The molecule has 1 fully saturated rings. The fourth-order valence-electron chi connectivity index (χ4n) is 3.31. The fourth-order valence-corrected chi connectivity index (χ4v) is 3.31. The lowest BCUT2D eigenvalue weighted by Crippen LogP contribution is -2.40. The van der Waals surface area contributed by atoms with E-state index in [1.54, 1.807) is 18.2 Å². The molecule has 1 amide bonds. The Morgan fingerprint density at radius 3 is 2.52 bits per heavy atom. The standard InChI is InChI=1S/C17H26N2O2/c1-4-21-16-6-5-13(10-15(16)18)17(20)19-14-8-11(2)7-12(3)9-14/h5-6,10-12,14H,4,7-9,18H2,1-3H3,(H,19,20). The molecule has 0 radical (unpaired) electrons. The highest BCUT2D eigenvalue weighted by Crippen LogP contribution is 2.29. The van der Waals surface area contributed by atoms with Gasteiger partial charge in [-0.1, -0.05) is 13.8 Å². The van der Waals surface area contributed by atoms with Crippen LogP contribution in [0.25, 0.3) is 0 Å². The third-order valence-electron chi connectivity index (χ3n) is 4.09. The van der Waals surface area contributed by atoms with Crippen molar-refractivity contribution in [3.8, 4) is 5.75 Å².